The minimum atomic E-state index is -1.20. The molecular weight excluding hydrogens is 296 g/mol. The third kappa shape index (κ3) is 2.93. The molecule has 1 aliphatic heterocycles. The Bertz CT molecular complexity index is 650. The molecule has 0 spiro atoms. The number of carbonyl (C=O) groups is 3. The van der Waals surface area contributed by atoms with E-state index < -0.39 is 17.4 Å². The molecule has 23 heavy (non-hydrogen) atoms. The first kappa shape index (κ1) is 15.5. The molecule has 1 fully saturated rings. The summed E-state index contributed by atoms with van der Waals surface area (Å²) in [6.45, 7) is 0. The van der Waals surface area contributed by atoms with Gasteiger partial charge in [-0.1, -0.05) is 37.5 Å². The molecule has 2 aliphatic rings. The van der Waals surface area contributed by atoms with Crippen molar-refractivity contribution in [2.45, 2.75) is 50.0 Å². The Hall–Kier alpha value is -2.37. The lowest BCUT2D eigenvalue weighted by Crippen LogP contribution is -2.57. The molecule has 3 rings (SSSR count). The van der Waals surface area contributed by atoms with Gasteiger partial charge in [-0.3, -0.25) is 9.59 Å². The van der Waals surface area contributed by atoms with Gasteiger partial charge >= 0.3 is 5.97 Å². The molecule has 0 unspecified atom stereocenters. The van der Waals surface area contributed by atoms with E-state index in [0.717, 1.165) is 24.8 Å². The molecule has 1 aromatic rings. The number of rotatable bonds is 3. The van der Waals surface area contributed by atoms with E-state index in [9.17, 15) is 19.5 Å². The molecule has 1 heterocycles. The highest BCUT2D eigenvalue weighted by Gasteiger charge is 2.43. The number of benzene rings is 1. The maximum atomic E-state index is 12.7. The van der Waals surface area contributed by atoms with Gasteiger partial charge in [0.05, 0.1) is 5.92 Å². The molecule has 1 aromatic carbocycles. The molecule has 1 aliphatic carbocycles. The number of para-hydroxylation sites is 1. The van der Waals surface area contributed by atoms with Crippen LogP contribution in [0.3, 0.4) is 0 Å². The smallest absolute Gasteiger partial charge is 0.329 e. The molecule has 0 bridgehead atoms. The first-order chi connectivity index (χ1) is 11.0. The van der Waals surface area contributed by atoms with Crippen LogP contribution in [0.25, 0.3) is 0 Å². The minimum absolute atomic E-state index is 0.0402. The van der Waals surface area contributed by atoms with Gasteiger partial charge in [-0.2, -0.15) is 0 Å². The van der Waals surface area contributed by atoms with Crippen LogP contribution in [0.1, 0.15) is 50.0 Å². The number of nitrogens with one attached hydrogen (secondary N) is 2. The van der Waals surface area contributed by atoms with Gasteiger partial charge in [0.25, 0.3) is 0 Å². The van der Waals surface area contributed by atoms with Crippen LogP contribution in [0.4, 0.5) is 5.69 Å². The summed E-state index contributed by atoms with van der Waals surface area (Å²) in [5, 5.41) is 15.1. The molecule has 0 radical (unpaired) electrons. The number of fused-ring (bicyclic) bond motifs is 1. The Balaban J connectivity index is 1.85. The first-order valence-corrected chi connectivity index (χ1v) is 7.96. The summed E-state index contributed by atoms with van der Waals surface area (Å²) in [6.07, 6.45) is 3.48. The van der Waals surface area contributed by atoms with Crippen molar-refractivity contribution in [3.05, 3.63) is 29.8 Å². The SMILES string of the molecule is O=C1C[C@@H](C(=O)NC2(C(=O)O)CCCCC2)c2ccccc2N1. The van der Waals surface area contributed by atoms with E-state index in [4.69, 9.17) is 0 Å². The Kier molecular flexibility index (Phi) is 4.07. The summed E-state index contributed by atoms with van der Waals surface area (Å²) in [5.74, 6) is -2.23. The van der Waals surface area contributed by atoms with Gasteiger partial charge in [-0.15, -0.1) is 0 Å². The van der Waals surface area contributed by atoms with Crippen LogP contribution in [0.15, 0.2) is 24.3 Å². The molecule has 1 saturated carbocycles. The van der Waals surface area contributed by atoms with Crippen LogP contribution in [0.2, 0.25) is 0 Å². The van der Waals surface area contributed by atoms with Gasteiger partial charge in [0.2, 0.25) is 11.8 Å². The van der Waals surface area contributed by atoms with Crippen LogP contribution >= 0.6 is 0 Å². The fourth-order valence-electron chi connectivity index (χ4n) is 3.52. The van der Waals surface area contributed by atoms with Crippen LogP contribution in [0, 0.1) is 0 Å². The summed E-state index contributed by atoms with van der Waals surface area (Å²) in [4.78, 5) is 36.3. The molecule has 2 amide bonds. The highest BCUT2D eigenvalue weighted by molar-refractivity contribution is 6.02. The zero-order chi connectivity index (χ0) is 16.4. The average Bonchev–Trinajstić information content (AvgIpc) is 2.54. The van der Waals surface area contributed by atoms with Gasteiger partial charge < -0.3 is 15.7 Å². The second-order valence-corrected chi connectivity index (χ2v) is 6.33. The monoisotopic (exact) mass is 316 g/mol. The standard InChI is InChI=1S/C17H20N2O4/c20-14-10-12(11-6-2-3-7-13(11)18-14)15(21)19-17(16(22)23)8-4-1-5-9-17/h2-3,6-7,12H,1,4-5,8-10H2,(H,18,20)(H,19,21)(H,22,23)/t12-/m1/s1. The van der Waals surface area contributed by atoms with Gasteiger partial charge in [0, 0.05) is 12.1 Å². The summed E-state index contributed by atoms with van der Waals surface area (Å²) in [7, 11) is 0. The fourth-order valence-corrected chi connectivity index (χ4v) is 3.52. The van der Waals surface area contributed by atoms with Crippen molar-refractivity contribution < 1.29 is 19.5 Å². The van der Waals surface area contributed by atoms with Crippen molar-refractivity contribution >= 4 is 23.5 Å². The van der Waals surface area contributed by atoms with Crippen LogP contribution in [-0.2, 0) is 14.4 Å². The number of carboxylic acids is 1. The van der Waals surface area contributed by atoms with E-state index in [1.165, 1.54) is 0 Å². The number of carbonyl (C=O) groups excluding carboxylic acids is 2. The second-order valence-electron chi connectivity index (χ2n) is 6.33. The maximum absolute atomic E-state index is 12.7. The van der Waals surface area contributed by atoms with Crippen LogP contribution in [0.5, 0.6) is 0 Å². The predicted octanol–water partition coefficient (Wildman–Crippen LogP) is 2.02. The minimum Gasteiger partial charge on any atom is -0.480 e. The van der Waals surface area contributed by atoms with E-state index in [-0.39, 0.29) is 18.2 Å². The molecule has 3 N–H and O–H groups in total. The topological polar surface area (TPSA) is 95.5 Å². The maximum Gasteiger partial charge on any atom is 0.329 e. The highest BCUT2D eigenvalue weighted by Crippen LogP contribution is 2.34. The molecule has 6 heteroatoms. The highest BCUT2D eigenvalue weighted by atomic mass is 16.4. The third-order valence-electron chi connectivity index (χ3n) is 4.80. The van der Waals surface area contributed by atoms with E-state index in [1.54, 1.807) is 18.2 Å². The van der Waals surface area contributed by atoms with Gasteiger partial charge in [-0.05, 0) is 24.5 Å². The first-order valence-electron chi connectivity index (χ1n) is 7.96. The third-order valence-corrected chi connectivity index (χ3v) is 4.80. The van der Waals surface area contributed by atoms with Gasteiger partial charge in [-0.25, -0.2) is 4.79 Å². The lowest BCUT2D eigenvalue weighted by atomic mass is 9.80. The molecular formula is C17H20N2O4. The van der Waals surface area contributed by atoms with E-state index >= 15 is 0 Å². The van der Waals surface area contributed by atoms with Crippen LogP contribution < -0.4 is 10.6 Å². The lowest BCUT2D eigenvalue weighted by molar-refractivity contribution is -0.149. The molecule has 0 saturated heterocycles. The number of carboxylic acid groups (broad SMARTS) is 1. The molecule has 6 nitrogen and oxygen atoms in total. The Morgan fingerprint density at radius 3 is 2.57 bits per heavy atom. The number of hydrogen-bond acceptors (Lipinski definition) is 3. The largest absolute Gasteiger partial charge is 0.480 e. The normalized spacial score (nSPS) is 22.6. The van der Waals surface area contributed by atoms with Gasteiger partial charge in [0.15, 0.2) is 0 Å². The molecule has 0 aromatic heterocycles. The quantitative estimate of drug-likeness (QED) is 0.795. The predicted molar refractivity (Wildman–Crippen MR) is 84.0 cm³/mol. The Morgan fingerprint density at radius 2 is 1.87 bits per heavy atom. The zero-order valence-electron chi connectivity index (χ0n) is 12.8. The zero-order valence-corrected chi connectivity index (χ0v) is 12.8. The van der Waals surface area contributed by atoms with E-state index in [1.807, 2.05) is 6.07 Å². The number of anilines is 1. The summed E-state index contributed by atoms with van der Waals surface area (Å²) in [6, 6.07) is 7.15. The Morgan fingerprint density at radius 1 is 1.17 bits per heavy atom. The number of aliphatic carboxylic acids is 1. The van der Waals surface area contributed by atoms with Crippen LogP contribution in [-0.4, -0.2) is 28.4 Å². The van der Waals surface area contributed by atoms with E-state index in [0.29, 0.717) is 18.5 Å². The molecule has 1 atom stereocenters. The molecule has 122 valence electrons. The second kappa shape index (κ2) is 6.02. The number of amides is 2. The summed E-state index contributed by atoms with van der Waals surface area (Å²) >= 11 is 0. The van der Waals surface area contributed by atoms with Crippen molar-refractivity contribution in [3.63, 3.8) is 0 Å². The summed E-state index contributed by atoms with van der Waals surface area (Å²) in [5.41, 5.74) is 0.163. The van der Waals surface area contributed by atoms with Crippen molar-refractivity contribution in [3.8, 4) is 0 Å². The summed E-state index contributed by atoms with van der Waals surface area (Å²) < 4.78 is 0. The van der Waals surface area contributed by atoms with Crippen molar-refractivity contribution in [1.29, 1.82) is 0 Å². The van der Waals surface area contributed by atoms with Crippen molar-refractivity contribution in [2.75, 3.05) is 5.32 Å². The Labute approximate surface area is 134 Å². The fraction of sp³-hybridized carbons (Fsp3) is 0.471. The van der Waals surface area contributed by atoms with E-state index in [2.05, 4.69) is 10.6 Å². The van der Waals surface area contributed by atoms with Gasteiger partial charge in [0.1, 0.15) is 5.54 Å². The van der Waals surface area contributed by atoms with Crippen molar-refractivity contribution in [2.24, 2.45) is 0 Å². The number of hydrogen-bond donors (Lipinski definition) is 3. The lowest BCUT2D eigenvalue weighted by Gasteiger charge is -2.36. The van der Waals surface area contributed by atoms with Crippen molar-refractivity contribution in [1.82, 2.24) is 5.32 Å². The average molecular weight is 316 g/mol.